The van der Waals surface area contributed by atoms with E-state index in [-0.39, 0.29) is 72.0 Å². The van der Waals surface area contributed by atoms with Gasteiger partial charge in [-0.25, -0.2) is 0 Å². The zero-order chi connectivity index (χ0) is 92.7. The van der Waals surface area contributed by atoms with E-state index in [0.29, 0.717) is 56.0 Å². The molecule has 16 aliphatic heterocycles. The molecule has 38 heteroatoms. The molecule has 3 aromatic rings. The predicted molar refractivity (Wildman–Crippen MR) is 451 cm³/mol. The maximum atomic E-state index is 15.5. The van der Waals surface area contributed by atoms with E-state index < -0.39 is 242 Å². The summed E-state index contributed by atoms with van der Waals surface area (Å²) in [5.41, 5.74) is 5.30. The van der Waals surface area contributed by atoms with E-state index in [0.717, 1.165) is 0 Å². The molecule has 38 nitrogen and oxygen atoms in total. The highest BCUT2D eigenvalue weighted by Gasteiger charge is 2.66. The van der Waals surface area contributed by atoms with Gasteiger partial charge in [0.15, 0.2) is 114 Å². The first-order valence-electron chi connectivity index (χ1n) is 45.8. The molecule has 132 heavy (non-hydrogen) atoms. The molecule has 0 bridgehead atoms. The number of fused-ring (bicyclic) bond motifs is 6. The summed E-state index contributed by atoms with van der Waals surface area (Å²) in [6.07, 6.45) is -14.8. The van der Waals surface area contributed by atoms with E-state index in [1.165, 1.54) is 0 Å². The molecule has 0 aromatic heterocycles. The fourth-order valence-electron chi connectivity index (χ4n) is 20.6. The molecule has 28 atom stereocenters. The van der Waals surface area contributed by atoms with E-state index >= 15 is 9.59 Å². The number of carbonyl (C=O) groups is 2. The van der Waals surface area contributed by atoms with Crippen LogP contribution in [0.5, 0.6) is 0 Å². The van der Waals surface area contributed by atoms with Crippen molar-refractivity contribution in [2.45, 2.75) is 408 Å². The summed E-state index contributed by atoms with van der Waals surface area (Å²) in [5, 5.41) is 21.2. The summed E-state index contributed by atoms with van der Waals surface area (Å²) in [6.45, 7) is 36.9. The lowest BCUT2D eigenvalue weighted by atomic mass is 10.0. The van der Waals surface area contributed by atoms with Crippen LogP contribution in [0.1, 0.15) is 172 Å². The standard InChI is InChI=1S/C94H125N3O35/c1-85(2)107-40-54(117-85)58-62(70-79(111-58)127-89(9,10)121-70)101-34-46-26-47(35-102-63-59(55-41-108-86(3,4)118-55)112-80-71(63)122-90(11,12)128-80)31-52(30-46)96-77(99)68-66(74-83(115-68)131-93(17,18)125-74)105-38-44-25-45(29-51(28-44)95-76(98)50-23-21-22-24-50)39-106-67-69(116-84-75(67)126-94(19,20)132-84)78(100)97-53-32-48(36-103-64-60(56-42-109-87(5,6)119-56)113-81-72(64)123-91(13,14)129-81)27-49(33-53)37-104-65-61(57-43-110-88(7,8)120-57)114-82-73(65)124-92(15,16)130-82/h21-33,54-75,79-84,95,98H,34-43H2,1-20H3,(H,96,99)(H,97,100)/t54-,55-,56-,57?,58-,59-,60-,61?,62+,63+,64+,65?,66+,67+,68+,69+,70-,71-,72-,73-,74-,75-,79-,80-,81-,82-,83-,84-/m1/s1. The molecule has 2 amide bonds. The second-order valence-corrected chi connectivity index (χ2v) is 41.2. The van der Waals surface area contributed by atoms with Crippen molar-refractivity contribution < 1.29 is 166 Å². The maximum Gasteiger partial charge on any atom is 0.256 e. The average Bonchev–Trinajstić information content (AvgIpc) is 1.36. The Balaban J connectivity index is 0.568. The summed E-state index contributed by atoms with van der Waals surface area (Å²) < 4.78 is 207. The summed E-state index contributed by atoms with van der Waals surface area (Å²) in [7, 11) is 0. The highest BCUT2D eigenvalue weighted by atomic mass is 16.9. The van der Waals surface area contributed by atoms with Crippen molar-refractivity contribution in [1.29, 1.82) is 0 Å². The molecule has 0 spiro atoms. The monoisotopic (exact) mass is 1860 g/mol. The summed E-state index contributed by atoms with van der Waals surface area (Å²) in [6, 6.07) is 16.5. The summed E-state index contributed by atoms with van der Waals surface area (Å²) in [4.78, 5) is 31.0. The number of rotatable bonds is 28. The smallest absolute Gasteiger partial charge is 0.256 e. The van der Waals surface area contributed by atoms with E-state index in [1.54, 1.807) is 88.4 Å². The van der Waals surface area contributed by atoms with Crippen LogP contribution in [-0.2, 0) is 201 Å². The highest BCUT2D eigenvalue weighted by molar-refractivity contribution is 5.96. The van der Waals surface area contributed by atoms with Crippen LogP contribution in [0, 0.1) is 0 Å². The van der Waals surface area contributed by atoms with E-state index in [1.807, 2.05) is 129 Å². The lowest BCUT2D eigenvalue weighted by Gasteiger charge is -2.29. The minimum atomic E-state index is -1.35. The van der Waals surface area contributed by atoms with Gasteiger partial charge in [0, 0.05) is 22.6 Å². The molecule has 726 valence electrons. The van der Waals surface area contributed by atoms with Crippen molar-refractivity contribution in [3.05, 3.63) is 124 Å². The van der Waals surface area contributed by atoms with Crippen LogP contribution in [0.4, 0.5) is 17.1 Å². The summed E-state index contributed by atoms with van der Waals surface area (Å²) >= 11 is 0. The average molecular weight is 1860 g/mol. The highest BCUT2D eigenvalue weighted by Crippen LogP contribution is 2.50. The predicted octanol–water partition coefficient (Wildman–Crippen LogP) is 9.45. The number of nitrogens with one attached hydrogen (secondary N) is 3. The van der Waals surface area contributed by atoms with Crippen molar-refractivity contribution in [3.8, 4) is 0 Å². The van der Waals surface area contributed by atoms with Gasteiger partial charge in [-0.2, -0.15) is 0 Å². The fraction of sp³-hybridized carbons (Fsp3) is 0.723. The molecule has 4 N–H and O–H groups in total. The largest absolute Gasteiger partial charge is 0.494 e. The molecular formula is C94H125N3O35. The SMILES string of the molecule is CC1(C)OCC(C2O[C@@H]3OC(C)(C)O[C@@H]3C2OCc2cc(CO[C@@H]3[C@H]4OC(C)(C)O[C@H]4O[C@@H]3[C@H]3COC(C)(C)O3)cc(NC(=O)[C@H]3O[C@@H]4OC(C)(C)O[C@@H]4[C@H]3OCc3cc(CO[C@@H]4[C@H]5OC(C)(C)O[C@H]5O[C@@H]4C(=O)Nc4cc(CO[C@@H]5[C@H]6OC(C)(C)O[C@H]6O[C@@H]5[C@H]5COC(C)(C)O5)cc(CO[C@@H]5[C@H]6OC(C)(C)O[C@H]6O[C@@H]5[C@H]5COC(C)(C)O5)c4)cc(NC(O)=C4C=CC=C4)c3)c2)O1. The Labute approximate surface area is 766 Å². The van der Waals surface area contributed by atoms with Gasteiger partial charge < -0.3 is 173 Å². The van der Waals surface area contributed by atoms with Crippen LogP contribution in [0.25, 0.3) is 0 Å². The topological polar surface area (TPSA) is 386 Å². The molecular weight excluding hydrogens is 1730 g/mol. The molecule has 1 aliphatic carbocycles. The van der Waals surface area contributed by atoms with Crippen molar-refractivity contribution in [2.75, 3.05) is 42.4 Å². The Kier molecular flexibility index (Phi) is 24.8. The maximum absolute atomic E-state index is 15.5. The Hall–Kier alpha value is -5.86. The minimum Gasteiger partial charge on any atom is -0.494 e. The van der Waals surface area contributed by atoms with Crippen LogP contribution in [0.3, 0.4) is 0 Å². The third-order valence-electron chi connectivity index (χ3n) is 25.7. The van der Waals surface area contributed by atoms with E-state index in [9.17, 15) is 5.11 Å². The molecule has 20 rings (SSSR count). The van der Waals surface area contributed by atoms with Gasteiger partial charge in [0.2, 0.25) is 0 Å². The molecule has 16 fully saturated rings. The van der Waals surface area contributed by atoms with Gasteiger partial charge in [0.1, 0.15) is 122 Å². The Morgan fingerprint density at radius 3 is 0.735 bits per heavy atom. The Morgan fingerprint density at radius 2 is 0.500 bits per heavy atom. The van der Waals surface area contributed by atoms with Crippen molar-refractivity contribution in [1.82, 2.24) is 0 Å². The second kappa shape index (κ2) is 34.9. The first-order chi connectivity index (χ1) is 62.2. The van der Waals surface area contributed by atoms with Gasteiger partial charge in [-0.15, -0.1) is 0 Å². The van der Waals surface area contributed by atoms with Gasteiger partial charge >= 0.3 is 0 Å². The number of aliphatic hydroxyl groups excluding tert-OH is 1. The van der Waals surface area contributed by atoms with Crippen LogP contribution >= 0.6 is 0 Å². The van der Waals surface area contributed by atoms with Gasteiger partial charge in [-0.05, 0) is 220 Å². The first-order valence-corrected chi connectivity index (χ1v) is 45.8. The number of amides is 2. The number of anilines is 3. The number of hydrogen-bond donors (Lipinski definition) is 4. The van der Waals surface area contributed by atoms with Crippen LogP contribution in [0.2, 0.25) is 0 Å². The Morgan fingerprint density at radius 1 is 0.280 bits per heavy atom. The van der Waals surface area contributed by atoms with Gasteiger partial charge in [-0.1, -0.05) is 30.4 Å². The molecule has 17 aliphatic rings. The zero-order valence-corrected chi connectivity index (χ0v) is 78.1. The number of aliphatic hydroxyl groups is 1. The second-order valence-electron chi connectivity index (χ2n) is 41.2. The van der Waals surface area contributed by atoms with Gasteiger partial charge in [0.25, 0.3) is 11.8 Å². The first kappa shape index (κ1) is 93.8. The quantitative estimate of drug-likeness (QED) is 0.0491. The molecule has 3 unspecified atom stereocenters. The van der Waals surface area contributed by atoms with Crippen LogP contribution in [0.15, 0.2) is 90.4 Å². The van der Waals surface area contributed by atoms with Gasteiger partial charge in [0.05, 0.1) is 66.1 Å². The Bertz CT molecular complexity index is 4410. The molecule has 3 aromatic carbocycles. The van der Waals surface area contributed by atoms with Crippen molar-refractivity contribution in [2.24, 2.45) is 0 Å². The number of carbonyl (C=O) groups excluding carboxylic acids is 2. The number of benzene rings is 3. The number of hydrogen-bond acceptors (Lipinski definition) is 36. The fourth-order valence-corrected chi connectivity index (χ4v) is 20.6. The molecule has 16 heterocycles. The third-order valence-corrected chi connectivity index (χ3v) is 25.7. The lowest BCUT2D eigenvalue weighted by molar-refractivity contribution is -0.237. The lowest BCUT2D eigenvalue weighted by Crippen LogP contribution is -2.44. The molecule has 16 saturated heterocycles. The van der Waals surface area contributed by atoms with Crippen LogP contribution < -0.4 is 16.0 Å². The van der Waals surface area contributed by atoms with Gasteiger partial charge in [-0.3, -0.25) is 9.59 Å². The van der Waals surface area contributed by atoms with Crippen molar-refractivity contribution in [3.63, 3.8) is 0 Å². The van der Waals surface area contributed by atoms with E-state index in [4.69, 9.17) is 152 Å². The van der Waals surface area contributed by atoms with Crippen LogP contribution in [-0.4, -0.2) is 273 Å². The minimum absolute atomic E-state index is 0.0102. The zero-order valence-electron chi connectivity index (χ0n) is 78.1. The molecule has 0 saturated carbocycles. The number of allylic oxidation sites excluding steroid dienone is 5. The third kappa shape index (κ3) is 20.0. The summed E-state index contributed by atoms with van der Waals surface area (Å²) in [5.74, 6) is -11.0. The van der Waals surface area contributed by atoms with Crippen molar-refractivity contribution >= 4 is 28.9 Å². The molecule has 0 radical (unpaired) electrons. The number of ether oxygens (including phenoxy) is 32. The normalized spacial score (nSPS) is 40.3. The van der Waals surface area contributed by atoms with E-state index in [2.05, 4.69) is 16.0 Å².